The summed E-state index contributed by atoms with van der Waals surface area (Å²) < 4.78 is 4.89. The monoisotopic (exact) mass is 335 g/mol. The first-order valence-corrected chi connectivity index (χ1v) is 8.74. The largest absolute Gasteiger partial charge is 0.465 e. The van der Waals surface area contributed by atoms with Crippen molar-refractivity contribution in [3.8, 4) is 0 Å². The van der Waals surface area contributed by atoms with Gasteiger partial charge < -0.3 is 9.64 Å². The van der Waals surface area contributed by atoms with Crippen molar-refractivity contribution in [1.82, 2.24) is 9.97 Å². The number of fused-ring (bicyclic) bond motifs is 1. The van der Waals surface area contributed by atoms with E-state index in [1.807, 2.05) is 6.92 Å². The lowest BCUT2D eigenvalue weighted by Crippen LogP contribution is -2.32. The summed E-state index contributed by atoms with van der Waals surface area (Å²) in [5.74, 6) is 1.66. The van der Waals surface area contributed by atoms with Crippen molar-refractivity contribution >= 4 is 33.3 Å². The van der Waals surface area contributed by atoms with Crippen molar-refractivity contribution in [2.45, 2.75) is 34.6 Å². The molecule has 0 fully saturated rings. The predicted molar refractivity (Wildman–Crippen MR) is 95.4 cm³/mol. The maximum atomic E-state index is 12.0. The highest BCUT2D eigenvalue weighted by Gasteiger charge is 2.23. The minimum Gasteiger partial charge on any atom is -0.465 e. The molecule has 2 rings (SSSR count). The van der Waals surface area contributed by atoms with E-state index in [-0.39, 0.29) is 5.97 Å². The van der Waals surface area contributed by atoms with Crippen LogP contribution in [0.1, 0.15) is 42.9 Å². The molecular formula is C17H25N3O2S. The van der Waals surface area contributed by atoms with E-state index in [4.69, 9.17) is 4.74 Å². The molecule has 0 unspecified atom stereocenters. The van der Waals surface area contributed by atoms with Crippen LogP contribution in [0.4, 0.5) is 5.82 Å². The van der Waals surface area contributed by atoms with E-state index in [0.717, 1.165) is 34.7 Å². The van der Waals surface area contributed by atoms with Gasteiger partial charge in [0.25, 0.3) is 0 Å². The molecule has 0 amide bonds. The molecule has 0 saturated carbocycles. The molecule has 0 N–H and O–H groups in total. The highest BCUT2D eigenvalue weighted by atomic mass is 32.1. The normalized spacial score (nSPS) is 11.5. The van der Waals surface area contributed by atoms with Crippen LogP contribution in [-0.4, -0.2) is 36.1 Å². The van der Waals surface area contributed by atoms with Gasteiger partial charge in [-0.3, -0.25) is 0 Å². The molecule has 0 aromatic carbocycles. The van der Waals surface area contributed by atoms with E-state index in [2.05, 4.69) is 42.6 Å². The molecule has 5 nitrogen and oxygen atoms in total. The van der Waals surface area contributed by atoms with E-state index in [0.29, 0.717) is 16.7 Å². The second-order valence-corrected chi connectivity index (χ2v) is 7.62. The Morgan fingerprint density at radius 3 is 2.35 bits per heavy atom. The molecule has 2 heterocycles. The molecule has 0 bridgehead atoms. The Balaban J connectivity index is 2.58. The number of aromatic nitrogens is 2. The van der Waals surface area contributed by atoms with Crippen LogP contribution in [0.15, 0.2) is 6.33 Å². The van der Waals surface area contributed by atoms with Crippen molar-refractivity contribution in [3.05, 3.63) is 16.8 Å². The summed E-state index contributed by atoms with van der Waals surface area (Å²) in [6.07, 6.45) is 1.59. The number of ether oxygens (including phenoxy) is 1. The first-order chi connectivity index (χ1) is 10.8. The molecule has 0 saturated heterocycles. The van der Waals surface area contributed by atoms with Gasteiger partial charge in [0, 0.05) is 13.1 Å². The minimum atomic E-state index is -0.310. The Kier molecular flexibility index (Phi) is 5.57. The Labute approximate surface area is 141 Å². The van der Waals surface area contributed by atoms with Gasteiger partial charge in [-0.2, -0.15) is 0 Å². The van der Waals surface area contributed by atoms with Gasteiger partial charge in [0.2, 0.25) is 0 Å². The van der Waals surface area contributed by atoms with Crippen LogP contribution in [0.5, 0.6) is 0 Å². The molecule has 2 aromatic heterocycles. The lowest BCUT2D eigenvalue weighted by Gasteiger charge is -2.28. The number of methoxy groups -OCH3 is 1. The number of esters is 1. The molecule has 6 heteroatoms. The number of carbonyl (C=O) groups excluding carboxylic acids is 1. The lowest BCUT2D eigenvalue weighted by molar-refractivity contribution is 0.0605. The maximum Gasteiger partial charge on any atom is 0.348 e. The number of rotatable bonds is 6. The maximum absolute atomic E-state index is 12.0. The fourth-order valence-corrected chi connectivity index (χ4v) is 3.77. The van der Waals surface area contributed by atoms with E-state index in [1.165, 1.54) is 18.4 Å². The number of thiophene rings is 1. The van der Waals surface area contributed by atoms with Crippen LogP contribution in [-0.2, 0) is 4.74 Å². The Morgan fingerprint density at radius 2 is 1.83 bits per heavy atom. The molecule has 0 aliphatic rings. The Bertz CT molecular complexity index is 684. The smallest absolute Gasteiger partial charge is 0.348 e. The minimum absolute atomic E-state index is 0.310. The fourth-order valence-electron chi connectivity index (χ4n) is 2.71. The van der Waals surface area contributed by atoms with Gasteiger partial charge in [-0.1, -0.05) is 27.7 Å². The van der Waals surface area contributed by atoms with Crippen LogP contribution >= 0.6 is 11.3 Å². The Morgan fingerprint density at radius 1 is 1.22 bits per heavy atom. The van der Waals surface area contributed by atoms with Crippen molar-refractivity contribution in [3.63, 3.8) is 0 Å². The third kappa shape index (κ3) is 3.80. The number of hydrogen-bond acceptors (Lipinski definition) is 6. The number of carbonyl (C=O) groups is 1. The zero-order valence-electron chi connectivity index (χ0n) is 14.7. The summed E-state index contributed by atoms with van der Waals surface area (Å²) >= 11 is 1.37. The quantitative estimate of drug-likeness (QED) is 0.749. The molecule has 0 spiro atoms. The average molecular weight is 335 g/mol. The molecule has 2 aromatic rings. The summed E-state index contributed by atoms with van der Waals surface area (Å²) in [4.78, 5) is 24.6. The summed E-state index contributed by atoms with van der Waals surface area (Å²) in [5.41, 5.74) is 0.907. The molecule has 126 valence electrons. The molecule has 0 aliphatic heterocycles. The zero-order chi connectivity index (χ0) is 17.1. The van der Waals surface area contributed by atoms with Gasteiger partial charge >= 0.3 is 5.97 Å². The van der Waals surface area contributed by atoms with Gasteiger partial charge in [0.1, 0.15) is 21.9 Å². The van der Waals surface area contributed by atoms with Gasteiger partial charge in [-0.15, -0.1) is 11.3 Å². The van der Waals surface area contributed by atoms with Gasteiger partial charge in [0.05, 0.1) is 12.5 Å². The van der Waals surface area contributed by atoms with E-state index >= 15 is 0 Å². The molecule has 0 radical (unpaired) electrons. The van der Waals surface area contributed by atoms with E-state index < -0.39 is 0 Å². The highest BCUT2D eigenvalue weighted by molar-refractivity contribution is 7.20. The first-order valence-electron chi connectivity index (χ1n) is 7.92. The predicted octanol–water partition coefficient (Wildman–Crippen LogP) is 3.90. The van der Waals surface area contributed by atoms with Gasteiger partial charge in [-0.05, 0) is 24.3 Å². The van der Waals surface area contributed by atoms with E-state index in [9.17, 15) is 4.79 Å². The van der Waals surface area contributed by atoms with Crippen molar-refractivity contribution in [2.75, 3.05) is 25.1 Å². The van der Waals surface area contributed by atoms with Crippen LogP contribution in [0.3, 0.4) is 0 Å². The number of hydrogen-bond donors (Lipinski definition) is 0. The first kappa shape index (κ1) is 17.7. The summed E-state index contributed by atoms with van der Waals surface area (Å²) in [6.45, 7) is 12.6. The van der Waals surface area contributed by atoms with Crippen LogP contribution < -0.4 is 4.90 Å². The number of anilines is 1. The third-order valence-corrected chi connectivity index (χ3v) is 4.73. The molecular weight excluding hydrogens is 310 g/mol. The van der Waals surface area contributed by atoms with Crippen LogP contribution in [0.2, 0.25) is 0 Å². The van der Waals surface area contributed by atoms with Gasteiger partial charge in [-0.25, -0.2) is 14.8 Å². The average Bonchev–Trinajstić information content (AvgIpc) is 2.82. The second-order valence-electron chi connectivity index (χ2n) is 6.62. The van der Waals surface area contributed by atoms with Crippen LogP contribution in [0.25, 0.3) is 10.2 Å². The summed E-state index contributed by atoms with van der Waals surface area (Å²) in [7, 11) is 1.41. The summed E-state index contributed by atoms with van der Waals surface area (Å²) in [6, 6.07) is 0. The van der Waals surface area contributed by atoms with Crippen molar-refractivity contribution in [2.24, 2.45) is 11.8 Å². The highest BCUT2D eigenvalue weighted by Crippen LogP contribution is 2.35. The van der Waals surface area contributed by atoms with Crippen molar-refractivity contribution < 1.29 is 9.53 Å². The molecule has 0 atom stereocenters. The third-order valence-electron chi connectivity index (χ3n) is 3.55. The summed E-state index contributed by atoms with van der Waals surface area (Å²) in [5, 5.41) is 0.971. The Hall–Kier alpha value is -1.69. The molecule has 0 aliphatic carbocycles. The molecule has 23 heavy (non-hydrogen) atoms. The van der Waals surface area contributed by atoms with Crippen molar-refractivity contribution in [1.29, 1.82) is 0 Å². The standard InChI is InChI=1S/C17H25N3O2S/c1-10(2)7-20(8-11(3)4)15-13-12(5)14(17(21)22-6)23-16(13)19-9-18-15/h9-11H,7-8H2,1-6H3. The van der Waals surface area contributed by atoms with E-state index in [1.54, 1.807) is 6.33 Å². The SMILES string of the molecule is COC(=O)c1sc2ncnc(N(CC(C)C)CC(C)C)c2c1C. The van der Waals surface area contributed by atoms with Gasteiger partial charge in [0.15, 0.2) is 0 Å². The topological polar surface area (TPSA) is 55.3 Å². The van der Waals surface area contributed by atoms with Crippen LogP contribution in [0, 0.1) is 18.8 Å². The zero-order valence-corrected chi connectivity index (χ0v) is 15.5. The fraction of sp³-hybridized carbons (Fsp3) is 0.588. The second kappa shape index (κ2) is 7.25. The number of nitrogens with zero attached hydrogens (tertiary/aromatic N) is 3. The number of aryl methyl sites for hydroxylation is 1. The lowest BCUT2D eigenvalue weighted by atomic mass is 10.1.